The van der Waals surface area contributed by atoms with Crippen LogP contribution in [-0.4, -0.2) is 26.3 Å². The van der Waals surface area contributed by atoms with E-state index in [-0.39, 0.29) is 5.92 Å². The summed E-state index contributed by atoms with van der Waals surface area (Å²) in [6.45, 7) is 0. The minimum atomic E-state index is 0.219. The Morgan fingerprint density at radius 3 is 2.14 bits per heavy atom. The lowest BCUT2D eigenvalue weighted by atomic mass is 9.77. The zero-order chi connectivity index (χ0) is 19.5. The summed E-state index contributed by atoms with van der Waals surface area (Å²) in [5.41, 5.74) is 4.51. The molecule has 0 bridgehead atoms. The lowest BCUT2D eigenvalue weighted by molar-refractivity contribution is 0.112. The number of hydrogen-bond donors (Lipinski definition) is 0. The Morgan fingerprint density at radius 1 is 0.857 bits per heavy atom. The summed E-state index contributed by atoms with van der Waals surface area (Å²) in [5.74, 6) is 3.27. The van der Waals surface area contributed by atoms with Crippen molar-refractivity contribution >= 4 is 18.0 Å². The fraction of sp³-hybridized carbons (Fsp3) is 0.208. The average Bonchev–Trinajstić information content (AvgIpc) is 2.78. The lowest BCUT2D eigenvalue weighted by Crippen LogP contribution is -2.20. The quantitative estimate of drug-likeness (QED) is 0.536. The highest BCUT2D eigenvalue weighted by Gasteiger charge is 2.32. The van der Waals surface area contributed by atoms with Gasteiger partial charge in [-0.25, -0.2) is 0 Å². The van der Waals surface area contributed by atoms with E-state index >= 15 is 0 Å². The van der Waals surface area contributed by atoms with E-state index in [1.807, 2.05) is 42.1 Å². The number of carbonyl (C=O) groups excluding carboxylic acids is 1. The molecule has 0 N–H and O–H groups in total. The van der Waals surface area contributed by atoms with Gasteiger partial charge < -0.3 is 9.47 Å². The predicted molar refractivity (Wildman–Crippen MR) is 113 cm³/mol. The number of fused-ring (bicyclic) bond motifs is 1. The minimum absolute atomic E-state index is 0.219. The topological polar surface area (TPSA) is 35.5 Å². The van der Waals surface area contributed by atoms with Gasteiger partial charge in [-0.2, -0.15) is 0 Å². The van der Waals surface area contributed by atoms with Crippen molar-refractivity contribution in [1.82, 2.24) is 0 Å². The maximum atomic E-state index is 11.1. The van der Waals surface area contributed by atoms with Crippen LogP contribution >= 0.6 is 11.8 Å². The predicted octanol–water partition coefficient (Wildman–Crippen LogP) is 5.54. The van der Waals surface area contributed by atoms with Gasteiger partial charge in [0.1, 0.15) is 17.8 Å². The number of thioether (sulfide) groups is 1. The second-order valence-corrected chi connectivity index (χ2v) is 7.92. The molecule has 0 aromatic heterocycles. The lowest BCUT2D eigenvalue weighted by Gasteiger charge is -2.34. The van der Waals surface area contributed by atoms with Crippen molar-refractivity contribution in [3.63, 3.8) is 0 Å². The third kappa shape index (κ3) is 3.52. The van der Waals surface area contributed by atoms with Gasteiger partial charge in [-0.05, 0) is 41.0 Å². The molecule has 0 spiro atoms. The van der Waals surface area contributed by atoms with Crippen LogP contribution in [0.3, 0.4) is 0 Å². The first-order chi connectivity index (χ1) is 13.7. The van der Waals surface area contributed by atoms with Gasteiger partial charge in [0.25, 0.3) is 0 Å². The number of benzene rings is 3. The molecule has 28 heavy (non-hydrogen) atoms. The van der Waals surface area contributed by atoms with Crippen LogP contribution in [-0.2, 0) is 0 Å². The molecule has 3 aromatic rings. The molecule has 142 valence electrons. The van der Waals surface area contributed by atoms with Crippen LogP contribution in [0.2, 0.25) is 0 Å². The van der Waals surface area contributed by atoms with Crippen LogP contribution in [0, 0.1) is 0 Å². The van der Waals surface area contributed by atoms with E-state index < -0.39 is 0 Å². The Bertz CT molecular complexity index is 964. The highest BCUT2D eigenvalue weighted by atomic mass is 32.2. The molecule has 0 saturated heterocycles. The first-order valence-electron chi connectivity index (χ1n) is 9.23. The Hall–Kier alpha value is -2.72. The highest BCUT2D eigenvalue weighted by molar-refractivity contribution is 7.99. The maximum Gasteiger partial charge on any atom is 0.150 e. The molecule has 3 nitrogen and oxygen atoms in total. The van der Waals surface area contributed by atoms with Crippen LogP contribution in [0.4, 0.5) is 0 Å². The van der Waals surface area contributed by atoms with Gasteiger partial charge in [0.05, 0.1) is 14.2 Å². The smallest absolute Gasteiger partial charge is 0.150 e. The van der Waals surface area contributed by atoms with E-state index in [1.54, 1.807) is 14.2 Å². The van der Waals surface area contributed by atoms with Gasteiger partial charge in [0.15, 0.2) is 0 Å². The third-order valence-corrected chi connectivity index (χ3v) is 6.54. The van der Waals surface area contributed by atoms with Crippen molar-refractivity contribution in [2.75, 3.05) is 20.0 Å². The molecule has 0 amide bonds. The number of aldehydes is 1. The molecule has 1 aliphatic rings. The van der Waals surface area contributed by atoms with Gasteiger partial charge in [-0.3, -0.25) is 4.79 Å². The van der Waals surface area contributed by atoms with E-state index in [2.05, 4.69) is 36.4 Å². The van der Waals surface area contributed by atoms with E-state index in [0.29, 0.717) is 11.5 Å². The SMILES string of the molecule is COc1ccc(C2CSc3cc(OC)ccc3C2c2ccc(C=O)cc2)cc1. The van der Waals surface area contributed by atoms with Crippen LogP contribution in [0.25, 0.3) is 0 Å². The third-order valence-electron chi connectivity index (χ3n) is 5.35. The van der Waals surface area contributed by atoms with E-state index in [0.717, 1.165) is 23.5 Å². The summed E-state index contributed by atoms with van der Waals surface area (Å²) in [4.78, 5) is 12.3. The summed E-state index contributed by atoms with van der Waals surface area (Å²) in [7, 11) is 3.39. The Balaban J connectivity index is 1.80. The van der Waals surface area contributed by atoms with Crippen LogP contribution < -0.4 is 9.47 Å². The van der Waals surface area contributed by atoms with Crippen LogP contribution in [0.15, 0.2) is 71.6 Å². The Kier molecular flexibility index (Phi) is 5.40. The summed E-state index contributed by atoms with van der Waals surface area (Å²) < 4.78 is 10.7. The monoisotopic (exact) mass is 390 g/mol. The summed E-state index contributed by atoms with van der Waals surface area (Å²) >= 11 is 1.87. The molecule has 2 atom stereocenters. The molecule has 1 heterocycles. The van der Waals surface area contributed by atoms with Crippen molar-refractivity contribution < 1.29 is 14.3 Å². The standard InChI is InChI=1S/C24H22O3S/c1-26-19-9-7-17(8-10-19)22-15-28-23-13-20(27-2)11-12-21(23)24(22)18-5-3-16(14-25)4-6-18/h3-14,22,24H,15H2,1-2H3. The molecular weight excluding hydrogens is 368 g/mol. The highest BCUT2D eigenvalue weighted by Crippen LogP contribution is 2.49. The van der Waals surface area contributed by atoms with Crippen molar-refractivity contribution in [3.05, 3.63) is 89.0 Å². The van der Waals surface area contributed by atoms with E-state index in [1.165, 1.54) is 21.6 Å². The van der Waals surface area contributed by atoms with Gasteiger partial charge in [0, 0.05) is 28.0 Å². The van der Waals surface area contributed by atoms with Crippen molar-refractivity contribution in [3.8, 4) is 11.5 Å². The normalized spacial score (nSPS) is 18.2. The van der Waals surface area contributed by atoms with Crippen LogP contribution in [0.1, 0.15) is 38.9 Å². The molecule has 0 aliphatic carbocycles. The zero-order valence-electron chi connectivity index (χ0n) is 15.9. The van der Waals surface area contributed by atoms with Crippen molar-refractivity contribution in [1.29, 1.82) is 0 Å². The second-order valence-electron chi connectivity index (χ2n) is 6.86. The molecule has 4 rings (SSSR count). The summed E-state index contributed by atoms with van der Waals surface area (Å²) in [5, 5.41) is 0. The first kappa shape index (κ1) is 18.6. The van der Waals surface area contributed by atoms with Gasteiger partial charge in [0.2, 0.25) is 0 Å². The fourth-order valence-electron chi connectivity index (χ4n) is 3.85. The van der Waals surface area contributed by atoms with Crippen molar-refractivity contribution in [2.24, 2.45) is 0 Å². The molecular formula is C24H22O3S. The second kappa shape index (κ2) is 8.11. The molecule has 0 fully saturated rings. The zero-order valence-corrected chi connectivity index (χ0v) is 16.7. The number of methoxy groups -OCH3 is 2. The molecule has 3 aromatic carbocycles. The summed E-state index contributed by atoms with van der Waals surface area (Å²) in [6.07, 6.45) is 0.889. The first-order valence-corrected chi connectivity index (χ1v) is 10.2. The van der Waals surface area contributed by atoms with Gasteiger partial charge in [-0.15, -0.1) is 11.8 Å². The minimum Gasteiger partial charge on any atom is -0.497 e. The van der Waals surface area contributed by atoms with Crippen molar-refractivity contribution in [2.45, 2.75) is 16.7 Å². The van der Waals surface area contributed by atoms with Gasteiger partial charge >= 0.3 is 0 Å². The molecule has 4 heteroatoms. The average molecular weight is 391 g/mol. The van der Waals surface area contributed by atoms with E-state index in [9.17, 15) is 4.79 Å². The number of carbonyl (C=O) groups is 1. The molecule has 0 saturated carbocycles. The number of ether oxygens (including phenoxy) is 2. The molecule has 1 aliphatic heterocycles. The maximum absolute atomic E-state index is 11.1. The number of hydrogen-bond acceptors (Lipinski definition) is 4. The number of rotatable bonds is 5. The Morgan fingerprint density at radius 2 is 1.50 bits per heavy atom. The molecule has 0 radical (unpaired) electrons. The Labute approximate surface area is 169 Å². The largest absolute Gasteiger partial charge is 0.497 e. The fourth-order valence-corrected chi connectivity index (χ4v) is 5.15. The van der Waals surface area contributed by atoms with Crippen LogP contribution in [0.5, 0.6) is 11.5 Å². The summed E-state index contributed by atoms with van der Waals surface area (Å²) in [6, 6.07) is 22.7. The van der Waals surface area contributed by atoms with Gasteiger partial charge in [-0.1, -0.05) is 42.5 Å². The molecule has 2 unspecified atom stereocenters. The van der Waals surface area contributed by atoms with E-state index in [4.69, 9.17) is 9.47 Å².